The lowest BCUT2D eigenvalue weighted by atomic mass is 10.0. The van der Waals surface area contributed by atoms with Gasteiger partial charge < -0.3 is 15.3 Å². The van der Waals surface area contributed by atoms with Crippen LogP contribution < -0.4 is 10.2 Å². The van der Waals surface area contributed by atoms with E-state index in [1.165, 1.54) is 0 Å². The molecule has 2 aromatic heterocycles. The highest BCUT2D eigenvalue weighted by molar-refractivity contribution is 5.70. The maximum atomic E-state index is 9.74. The van der Waals surface area contributed by atoms with Gasteiger partial charge in [-0.1, -0.05) is 0 Å². The fourth-order valence-corrected chi connectivity index (χ4v) is 3.60. The molecule has 7 nitrogen and oxygen atoms in total. The smallest absolute Gasteiger partial charge is 0.161 e. The molecule has 4 rings (SSSR count). The summed E-state index contributed by atoms with van der Waals surface area (Å²) in [6.07, 6.45) is 4.65. The van der Waals surface area contributed by atoms with Crippen molar-refractivity contribution in [3.63, 3.8) is 0 Å². The monoisotopic (exact) mass is 400 g/mol. The van der Waals surface area contributed by atoms with E-state index in [-0.39, 0.29) is 6.10 Å². The molecule has 1 saturated heterocycles. The Morgan fingerprint density at radius 3 is 2.53 bits per heavy atom. The van der Waals surface area contributed by atoms with E-state index in [4.69, 9.17) is 4.98 Å². The summed E-state index contributed by atoms with van der Waals surface area (Å²) >= 11 is 0. The number of aromatic nitrogens is 3. The van der Waals surface area contributed by atoms with E-state index < -0.39 is 0 Å². The molecule has 1 aliphatic rings. The summed E-state index contributed by atoms with van der Waals surface area (Å²) in [6.45, 7) is 5.44. The van der Waals surface area contributed by atoms with Gasteiger partial charge in [-0.25, -0.2) is 9.97 Å². The van der Waals surface area contributed by atoms with Crippen molar-refractivity contribution in [2.75, 3.05) is 23.3 Å². The number of rotatable bonds is 4. The summed E-state index contributed by atoms with van der Waals surface area (Å²) in [5, 5.41) is 22.8. The number of benzene rings is 1. The minimum absolute atomic E-state index is 0.244. The Balaban J connectivity index is 1.63. The quantitative estimate of drug-likeness (QED) is 0.688. The third-order valence-electron chi connectivity index (χ3n) is 5.51. The van der Waals surface area contributed by atoms with Gasteiger partial charge in [-0.05, 0) is 57.0 Å². The standard InChI is InChI=1S/C23H24N6O/c1-15-16(2)26-23(17-5-9-25-10-6-17)28-22(15)27-19-3-4-21(18(13-19)14-24)29-11-7-20(30)8-12-29/h3-6,9-10,13,20,30H,7-8,11-12H2,1-2H3,(H,26,27,28). The molecular weight excluding hydrogens is 376 g/mol. The SMILES string of the molecule is Cc1nc(-c2ccncc2)nc(Nc2ccc(N3CCC(O)CC3)c(C#N)c2)c1C. The molecule has 0 unspecified atom stereocenters. The highest BCUT2D eigenvalue weighted by Gasteiger charge is 2.20. The highest BCUT2D eigenvalue weighted by atomic mass is 16.3. The van der Waals surface area contributed by atoms with Crippen LogP contribution in [0.2, 0.25) is 0 Å². The topological polar surface area (TPSA) is 98.0 Å². The summed E-state index contributed by atoms with van der Waals surface area (Å²) in [5.74, 6) is 1.35. The van der Waals surface area contributed by atoms with Gasteiger partial charge in [0, 0.05) is 48.0 Å². The van der Waals surface area contributed by atoms with Crippen molar-refractivity contribution in [1.82, 2.24) is 15.0 Å². The van der Waals surface area contributed by atoms with Crippen molar-refractivity contribution in [1.29, 1.82) is 5.26 Å². The molecule has 0 atom stereocenters. The van der Waals surface area contributed by atoms with Gasteiger partial charge in [-0.3, -0.25) is 4.98 Å². The zero-order chi connectivity index (χ0) is 21.1. The van der Waals surface area contributed by atoms with E-state index in [0.717, 1.165) is 54.1 Å². The normalized spacial score (nSPS) is 14.4. The predicted molar refractivity (Wildman–Crippen MR) is 117 cm³/mol. The van der Waals surface area contributed by atoms with Crippen LogP contribution in [0.25, 0.3) is 11.4 Å². The van der Waals surface area contributed by atoms with Gasteiger partial charge in [0.15, 0.2) is 5.82 Å². The Hall–Kier alpha value is -3.50. The third-order valence-corrected chi connectivity index (χ3v) is 5.51. The van der Waals surface area contributed by atoms with Crippen LogP contribution in [0.15, 0.2) is 42.7 Å². The fraction of sp³-hybridized carbons (Fsp3) is 0.304. The number of nitriles is 1. The van der Waals surface area contributed by atoms with Crippen molar-refractivity contribution in [2.24, 2.45) is 0 Å². The molecule has 2 N–H and O–H groups in total. The molecular formula is C23H24N6O. The molecule has 0 bridgehead atoms. The van der Waals surface area contributed by atoms with Crippen LogP contribution in [-0.2, 0) is 0 Å². The van der Waals surface area contributed by atoms with Crippen LogP contribution >= 0.6 is 0 Å². The van der Waals surface area contributed by atoms with Gasteiger partial charge >= 0.3 is 0 Å². The second-order valence-electron chi connectivity index (χ2n) is 7.53. The van der Waals surface area contributed by atoms with Crippen molar-refractivity contribution in [2.45, 2.75) is 32.8 Å². The highest BCUT2D eigenvalue weighted by Crippen LogP contribution is 2.29. The molecule has 1 aromatic carbocycles. The van der Waals surface area contributed by atoms with E-state index in [2.05, 4.69) is 26.3 Å². The number of aliphatic hydroxyl groups is 1. The number of piperidine rings is 1. The van der Waals surface area contributed by atoms with Gasteiger partial charge in [0.2, 0.25) is 0 Å². The molecule has 7 heteroatoms. The molecule has 0 aliphatic carbocycles. The fourth-order valence-electron chi connectivity index (χ4n) is 3.60. The number of nitrogens with zero attached hydrogens (tertiary/aromatic N) is 5. The van der Waals surface area contributed by atoms with E-state index in [0.29, 0.717) is 17.2 Å². The van der Waals surface area contributed by atoms with Crippen LogP contribution in [0.1, 0.15) is 29.7 Å². The number of anilines is 3. The van der Waals surface area contributed by atoms with Crippen LogP contribution in [0.5, 0.6) is 0 Å². The first-order valence-electron chi connectivity index (χ1n) is 10.0. The van der Waals surface area contributed by atoms with Gasteiger partial charge in [0.05, 0.1) is 17.4 Å². The maximum absolute atomic E-state index is 9.74. The van der Waals surface area contributed by atoms with Crippen molar-refractivity contribution >= 4 is 17.2 Å². The van der Waals surface area contributed by atoms with Gasteiger partial charge in [-0.2, -0.15) is 5.26 Å². The Bertz CT molecular complexity index is 1080. The molecule has 0 amide bonds. The number of hydrogen-bond acceptors (Lipinski definition) is 7. The second kappa shape index (κ2) is 8.47. The van der Waals surface area contributed by atoms with Crippen molar-refractivity contribution < 1.29 is 5.11 Å². The lowest BCUT2D eigenvalue weighted by Crippen LogP contribution is -2.36. The third kappa shape index (κ3) is 4.09. The Morgan fingerprint density at radius 2 is 1.83 bits per heavy atom. The Kier molecular flexibility index (Phi) is 5.59. The zero-order valence-corrected chi connectivity index (χ0v) is 17.1. The first-order valence-corrected chi connectivity index (χ1v) is 10.0. The largest absolute Gasteiger partial charge is 0.393 e. The lowest BCUT2D eigenvalue weighted by Gasteiger charge is -2.32. The first-order chi connectivity index (χ1) is 14.5. The van der Waals surface area contributed by atoms with Gasteiger partial charge in [0.25, 0.3) is 0 Å². The van der Waals surface area contributed by atoms with Crippen molar-refractivity contribution in [3.05, 3.63) is 59.5 Å². The summed E-state index contributed by atoms with van der Waals surface area (Å²) in [4.78, 5) is 15.5. The number of hydrogen-bond donors (Lipinski definition) is 2. The minimum atomic E-state index is -0.244. The molecule has 3 aromatic rings. The summed E-state index contributed by atoms with van der Waals surface area (Å²) in [6, 6.07) is 11.8. The average molecular weight is 400 g/mol. The molecule has 1 fully saturated rings. The van der Waals surface area contributed by atoms with E-state index >= 15 is 0 Å². The van der Waals surface area contributed by atoms with Gasteiger partial charge in [-0.15, -0.1) is 0 Å². The molecule has 0 spiro atoms. The molecule has 3 heterocycles. The van der Waals surface area contributed by atoms with E-state index in [1.54, 1.807) is 12.4 Å². The number of aliphatic hydroxyl groups excluding tert-OH is 1. The molecule has 152 valence electrons. The molecule has 0 radical (unpaired) electrons. The number of nitrogens with one attached hydrogen (secondary N) is 1. The minimum Gasteiger partial charge on any atom is -0.393 e. The lowest BCUT2D eigenvalue weighted by molar-refractivity contribution is 0.145. The average Bonchev–Trinajstić information content (AvgIpc) is 2.78. The predicted octanol–water partition coefficient (Wildman–Crippen LogP) is 3.73. The van der Waals surface area contributed by atoms with Crippen molar-refractivity contribution in [3.8, 4) is 17.5 Å². The van der Waals surface area contributed by atoms with Crippen LogP contribution in [0, 0.1) is 25.2 Å². The molecule has 30 heavy (non-hydrogen) atoms. The summed E-state index contributed by atoms with van der Waals surface area (Å²) in [7, 11) is 0. The van der Waals surface area contributed by atoms with Crippen LogP contribution in [0.4, 0.5) is 17.2 Å². The zero-order valence-electron chi connectivity index (χ0n) is 17.1. The van der Waals surface area contributed by atoms with Gasteiger partial charge in [0.1, 0.15) is 11.9 Å². The first kappa shape index (κ1) is 19.8. The summed E-state index contributed by atoms with van der Waals surface area (Å²) < 4.78 is 0. The van der Waals surface area contributed by atoms with E-state index in [1.807, 2.05) is 44.2 Å². The van der Waals surface area contributed by atoms with E-state index in [9.17, 15) is 10.4 Å². The number of aryl methyl sites for hydroxylation is 1. The maximum Gasteiger partial charge on any atom is 0.161 e. The molecule has 0 saturated carbocycles. The molecule has 1 aliphatic heterocycles. The second-order valence-corrected chi connectivity index (χ2v) is 7.53. The van der Waals surface area contributed by atoms with Crippen LogP contribution in [0.3, 0.4) is 0 Å². The summed E-state index contributed by atoms with van der Waals surface area (Å²) in [5.41, 5.74) is 5.06. The Morgan fingerprint density at radius 1 is 1.10 bits per heavy atom. The number of pyridine rings is 1. The Labute approximate surface area is 176 Å². The van der Waals surface area contributed by atoms with Crippen LogP contribution in [-0.4, -0.2) is 39.3 Å².